The molecular weight excluding hydrogens is 422 g/mol. The van der Waals surface area contributed by atoms with Crippen LogP contribution in [-0.4, -0.2) is 42.7 Å². The third-order valence-electron chi connectivity index (χ3n) is 5.07. The summed E-state index contributed by atoms with van der Waals surface area (Å²) in [6.07, 6.45) is 0. The molecule has 8 heteroatoms. The fourth-order valence-electron chi connectivity index (χ4n) is 3.44. The Kier molecular flexibility index (Phi) is 7.06. The quantitative estimate of drug-likeness (QED) is 0.500. The Morgan fingerprint density at radius 2 is 1.82 bits per heavy atom. The van der Waals surface area contributed by atoms with Gasteiger partial charge in [-0.25, -0.2) is 4.79 Å². The first-order valence-corrected chi connectivity index (χ1v) is 10.6. The van der Waals surface area contributed by atoms with Gasteiger partial charge in [-0.05, 0) is 64.1 Å². The summed E-state index contributed by atoms with van der Waals surface area (Å²) in [5, 5.41) is 3.50. The summed E-state index contributed by atoms with van der Waals surface area (Å²) in [6, 6.07) is 12.2. The molecule has 2 aromatic carbocycles. The number of ether oxygens (including phenoxy) is 3. The standard InChI is InChI=1S/C25H29N3O5/c1-6-32-24(30)20-15(2)27-18-8-7-9-19(21(18)22(20)26)33-14-25(3,4)28-23(29)16-10-12-17(31-5)13-11-16/h7-13H,6,14H2,1-5H3,(H2,26,27)(H,28,29). The van der Waals surface area contributed by atoms with E-state index in [0.29, 0.717) is 33.7 Å². The van der Waals surface area contributed by atoms with Crippen LogP contribution < -0.4 is 20.5 Å². The van der Waals surface area contributed by atoms with Crippen LogP contribution in [0.15, 0.2) is 42.5 Å². The number of hydrogen-bond acceptors (Lipinski definition) is 7. The van der Waals surface area contributed by atoms with E-state index in [-0.39, 0.29) is 30.4 Å². The molecule has 1 amide bonds. The van der Waals surface area contributed by atoms with Gasteiger partial charge >= 0.3 is 5.97 Å². The van der Waals surface area contributed by atoms with Crippen molar-refractivity contribution >= 4 is 28.5 Å². The summed E-state index contributed by atoms with van der Waals surface area (Å²) in [5.41, 5.74) is 7.76. The van der Waals surface area contributed by atoms with Crippen molar-refractivity contribution in [1.29, 1.82) is 0 Å². The number of methoxy groups -OCH3 is 1. The van der Waals surface area contributed by atoms with E-state index >= 15 is 0 Å². The number of nitrogens with two attached hydrogens (primary N) is 1. The van der Waals surface area contributed by atoms with Gasteiger partial charge in [0.1, 0.15) is 23.7 Å². The van der Waals surface area contributed by atoms with Gasteiger partial charge in [0, 0.05) is 5.56 Å². The summed E-state index contributed by atoms with van der Waals surface area (Å²) in [7, 11) is 1.57. The predicted octanol–water partition coefficient (Wildman–Crippen LogP) is 3.90. The van der Waals surface area contributed by atoms with E-state index in [4.69, 9.17) is 19.9 Å². The van der Waals surface area contributed by atoms with Crippen LogP contribution in [0.1, 0.15) is 47.2 Å². The first kappa shape index (κ1) is 23.8. The number of aromatic nitrogens is 1. The second-order valence-corrected chi connectivity index (χ2v) is 8.21. The molecule has 0 aliphatic carbocycles. The third kappa shape index (κ3) is 5.34. The van der Waals surface area contributed by atoms with Gasteiger partial charge in [0.25, 0.3) is 5.91 Å². The molecule has 0 unspecified atom stereocenters. The number of esters is 1. The second-order valence-electron chi connectivity index (χ2n) is 8.21. The molecule has 0 fully saturated rings. The average Bonchev–Trinajstić information content (AvgIpc) is 2.77. The lowest BCUT2D eigenvalue weighted by Gasteiger charge is -2.27. The van der Waals surface area contributed by atoms with Crippen molar-refractivity contribution in [2.45, 2.75) is 33.2 Å². The number of fused-ring (bicyclic) bond motifs is 1. The van der Waals surface area contributed by atoms with Gasteiger partial charge in [-0.1, -0.05) is 6.07 Å². The molecule has 3 rings (SSSR count). The van der Waals surface area contributed by atoms with E-state index in [1.807, 2.05) is 13.8 Å². The van der Waals surface area contributed by atoms with Crippen molar-refractivity contribution < 1.29 is 23.8 Å². The highest BCUT2D eigenvalue weighted by Gasteiger charge is 2.24. The lowest BCUT2D eigenvalue weighted by atomic mass is 10.0. The van der Waals surface area contributed by atoms with E-state index in [1.54, 1.807) is 63.4 Å². The van der Waals surface area contributed by atoms with E-state index < -0.39 is 11.5 Å². The van der Waals surface area contributed by atoms with E-state index in [1.165, 1.54) is 0 Å². The Morgan fingerprint density at radius 1 is 1.12 bits per heavy atom. The number of benzene rings is 2. The Hall–Kier alpha value is -3.81. The van der Waals surface area contributed by atoms with Crippen molar-refractivity contribution in [2.24, 2.45) is 0 Å². The Morgan fingerprint density at radius 3 is 2.45 bits per heavy atom. The lowest BCUT2D eigenvalue weighted by molar-refractivity contribution is 0.0526. The van der Waals surface area contributed by atoms with Crippen molar-refractivity contribution in [3.05, 3.63) is 59.3 Å². The Labute approximate surface area is 193 Å². The summed E-state index contributed by atoms with van der Waals surface area (Å²) >= 11 is 0. The molecule has 0 spiro atoms. The van der Waals surface area contributed by atoms with Crippen molar-refractivity contribution in [3.63, 3.8) is 0 Å². The Balaban J connectivity index is 1.82. The van der Waals surface area contributed by atoms with E-state index in [2.05, 4.69) is 10.3 Å². The van der Waals surface area contributed by atoms with Gasteiger partial charge in [0.2, 0.25) is 0 Å². The molecule has 0 saturated carbocycles. The first-order valence-electron chi connectivity index (χ1n) is 10.6. The van der Waals surface area contributed by atoms with E-state index in [0.717, 1.165) is 0 Å². The summed E-state index contributed by atoms with van der Waals surface area (Å²) < 4.78 is 16.3. The van der Waals surface area contributed by atoms with Gasteiger partial charge in [0.15, 0.2) is 0 Å². The first-order chi connectivity index (χ1) is 15.7. The zero-order valence-electron chi connectivity index (χ0n) is 19.5. The average molecular weight is 452 g/mol. The van der Waals surface area contributed by atoms with Gasteiger partial charge < -0.3 is 25.3 Å². The molecule has 8 nitrogen and oxygen atoms in total. The van der Waals surface area contributed by atoms with Gasteiger partial charge in [0.05, 0.1) is 41.5 Å². The van der Waals surface area contributed by atoms with Crippen LogP contribution in [0.2, 0.25) is 0 Å². The largest absolute Gasteiger partial charge is 0.497 e. The molecule has 0 atom stereocenters. The molecule has 174 valence electrons. The van der Waals surface area contributed by atoms with Crippen LogP contribution in [0.5, 0.6) is 11.5 Å². The van der Waals surface area contributed by atoms with Crippen LogP contribution in [0, 0.1) is 6.92 Å². The van der Waals surface area contributed by atoms with Crippen LogP contribution in [0.4, 0.5) is 5.69 Å². The minimum absolute atomic E-state index is 0.163. The van der Waals surface area contributed by atoms with Gasteiger partial charge in [-0.15, -0.1) is 0 Å². The molecule has 0 saturated heterocycles. The number of rotatable bonds is 8. The molecule has 1 heterocycles. The number of nitrogens with one attached hydrogen (secondary N) is 1. The molecule has 3 N–H and O–H groups in total. The zero-order valence-corrected chi connectivity index (χ0v) is 19.5. The number of nitrogen functional groups attached to an aromatic ring is 1. The number of carbonyl (C=O) groups is 2. The number of nitrogens with zero attached hydrogens (tertiary/aromatic N) is 1. The minimum atomic E-state index is -0.698. The minimum Gasteiger partial charge on any atom is -0.497 e. The topological polar surface area (TPSA) is 113 Å². The molecule has 0 aliphatic rings. The molecule has 0 radical (unpaired) electrons. The van der Waals surface area contributed by atoms with E-state index in [9.17, 15) is 9.59 Å². The molecule has 0 bridgehead atoms. The maximum Gasteiger partial charge on any atom is 0.342 e. The number of anilines is 1. The van der Waals surface area contributed by atoms with Crippen LogP contribution in [0.3, 0.4) is 0 Å². The molecule has 3 aromatic rings. The maximum atomic E-state index is 12.7. The summed E-state index contributed by atoms with van der Waals surface area (Å²) in [6.45, 7) is 7.55. The molecule has 1 aromatic heterocycles. The maximum absolute atomic E-state index is 12.7. The smallest absolute Gasteiger partial charge is 0.342 e. The predicted molar refractivity (Wildman–Crippen MR) is 127 cm³/mol. The summed E-state index contributed by atoms with van der Waals surface area (Å²) in [5.74, 6) is 0.387. The highest BCUT2D eigenvalue weighted by atomic mass is 16.5. The van der Waals surface area contributed by atoms with Crippen molar-refractivity contribution in [2.75, 3.05) is 26.1 Å². The molecular formula is C25H29N3O5. The SMILES string of the molecule is CCOC(=O)c1c(C)nc2cccc(OCC(C)(C)NC(=O)c3ccc(OC)cc3)c2c1N. The second kappa shape index (κ2) is 9.77. The number of amides is 1. The molecule has 33 heavy (non-hydrogen) atoms. The zero-order chi connectivity index (χ0) is 24.2. The molecule has 0 aliphatic heterocycles. The fraction of sp³-hybridized carbons (Fsp3) is 0.320. The van der Waals surface area contributed by atoms with Gasteiger partial charge in [-0.2, -0.15) is 0 Å². The highest BCUT2D eigenvalue weighted by Crippen LogP contribution is 2.34. The number of pyridine rings is 1. The highest BCUT2D eigenvalue weighted by molar-refractivity contribution is 6.07. The number of hydrogen-bond donors (Lipinski definition) is 2. The third-order valence-corrected chi connectivity index (χ3v) is 5.07. The lowest BCUT2D eigenvalue weighted by Crippen LogP contribution is -2.47. The van der Waals surface area contributed by atoms with Gasteiger partial charge in [-0.3, -0.25) is 9.78 Å². The van der Waals surface area contributed by atoms with Crippen molar-refractivity contribution in [3.8, 4) is 11.5 Å². The summed E-state index contributed by atoms with van der Waals surface area (Å²) in [4.78, 5) is 29.6. The Bertz CT molecular complexity index is 1170. The van der Waals surface area contributed by atoms with Crippen LogP contribution in [0.25, 0.3) is 10.9 Å². The fourth-order valence-corrected chi connectivity index (χ4v) is 3.44. The normalized spacial score (nSPS) is 11.2. The number of carbonyl (C=O) groups excluding carboxylic acids is 2. The number of aryl methyl sites for hydroxylation is 1. The van der Waals surface area contributed by atoms with Crippen LogP contribution >= 0.6 is 0 Å². The van der Waals surface area contributed by atoms with Crippen molar-refractivity contribution in [1.82, 2.24) is 10.3 Å². The monoisotopic (exact) mass is 451 g/mol. The van der Waals surface area contributed by atoms with Crippen LogP contribution in [-0.2, 0) is 4.74 Å².